The minimum absolute atomic E-state index is 0.339. The number of allylic oxidation sites excluding steroid dienone is 2. The third-order valence-corrected chi connectivity index (χ3v) is 7.76. The van der Waals surface area contributed by atoms with Crippen LogP contribution in [-0.4, -0.2) is 42.9 Å². The summed E-state index contributed by atoms with van der Waals surface area (Å²) in [6, 6.07) is 0. The first-order valence-corrected chi connectivity index (χ1v) is 13.8. The van der Waals surface area contributed by atoms with Gasteiger partial charge in [-0.05, 0) is 38.5 Å². The third kappa shape index (κ3) is 16.2. The van der Waals surface area contributed by atoms with Crippen LogP contribution in [0.4, 0.5) is 0 Å². The molecule has 0 rings (SSSR count). The molecule has 0 fully saturated rings. The van der Waals surface area contributed by atoms with Gasteiger partial charge in [-0.2, -0.15) is 0 Å². The maximum absolute atomic E-state index is 12.6. The highest BCUT2D eigenvalue weighted by Crippen LogP contribution is 2.51. The van der Waals surface area contributed by atoms with Gasteiger partial charge in [-0.25, -0.2) is 0 Å². The highest BCUT2D eigenvalue weighted by Gasteiger charge is 2.41. The molecule has 0 aromatic heterocycles. The molecule has 0 saturated carbocycles. The van der Waals surface area contributed by atoms with E-state index in [2.05, 4.69) is 19.1 Å². The van der Waals surface area contributed by atoms with Crippen LogP contribution in [0.25, 0.3) is 0 Å². The number of nitrogens with zero attached hydrogens (tertiary/aromatic N) is 1. The van der Waals surface area contributed by atoms with Crippen LogP contribution in [0.15, 0.2) is 12.2 Å². The smallest absolute Gasteiger partial charge is 0.320 e. The van der Waals surface area contributed by atoms with E-state index >= 15 is 0 Å². The number of quaternary nitrogens is 1. The Kier molecular flexibility index (Phi) is 17.4. The van der Waals surface area contributed by atoms with Gasteiger partial charge in [0, 0.05) is 6.42 Å². The SMILES string of the molecule is CCCCCCCCCC=CCCCCCCOP(=O)(O)C(CCC)[N+](C)(C)C. The van der Waals surface area contributed by atoms with E-state index in [0.717, 1.165) is 32.1 Å². The van der Waals surface area contributed by atoms with Crippen LogP contribution in [0.2, 0.25) is 0 Å². The van der Waals surface area contributed by atoms with E-state index in [9.17, 15) is 9.46 Å². The number of rotatable bonds is 20. The number of hydrogen-bond acceptors (Lipinski definition) is 2. The lowest BCUT2D eigenvalue weighted by atomic mass is 10.1. The fourth-order valence-electron chi connectivity index (χ4n) is 3.70. The Morgan fingerprint density at radius 1 is 0.793 bits per heavy atom. The van der Waals surface area contributed by atoms with Crippen molar-refractivity contribution in [1.82, 2.24) is 0 Å². The molecule has 174 valence electrons. The Morgan fingerprint density at radius 2 is 1.28 bits per heavy atom. The summed E-state index contributed by atoms with van der Waals surface area (Å²) in [5.41, 5.74) is 0. The van der Waals surface area contributed by atoms with Crippen LogP contribution >= 0.6 is 7.60 Å². The average Bonchev–Trinajstić information content (AvgIpc) is 2.64. The highest BCUT2D eigenvalue weighted by atomic mass is 31.2. The molecular formula is C24H51NO3P+. The van der Waals surface area contributed by atoms with Crippen LogP contribution in [0.1, 0.15) is 110 Å². The quantitative estimate of drug-likeness (QED) is 0.0929. The zero-order valence-corrected chi connectivity index (χ0v) is 21.1. The van der Waals surface area contributed by atoms with E-state index in [4.69, 9.17) is 4.52 Å². The van der Waals surface area contributed by atoms with Crippen LogP contribution in [0, 0.1) is 0 Å². The zero-order chi connectivity index (χ0) is 22.0. The van der Waals surface area contributed by atoms with Crippen molar-refractivity contribution in [3.8, 4) is 0 Å². The van der Waals surface area contributed by atoms with Crippen molar-refractivity contribution in [3.05, 3.63) is 12.2 Å². The molecule has 0 bridgehead atoms. The van der Waals surface area contributed by atoms with Gasteiger partial charge in [0.05, 0.1) is 27.7 Å². The molecule has 0 aliphatic rings. The van der Waals surface area contributed by atoms with Gasteiger partial charge in [0.15, 0.2) is 5.78 Å². The molecule has 0 saturated heterocycles. The molecule has 2 unspecified atom stereocenters. The summed E-state index contributed by atoms with van der Waals surface area (Å²) in [6.45, 7) is 4.70. The van der Waals surface area contributed by atoms with Crippen molar-refractivity contribution in [1.29, 1.82) is 0 Å². The first kappa shape index (κ1) is 28.9. The molecule has 0 radical (unpaired) electrons. The molecule has 0 aromatic carbocycles. The second kappa shape index (κ2) is 17.5. The largest absolute Gasteiger partial charge is 0.385 e. The van der Waals surface area contributed by atoms with Gasteiger partial charge in [0.1, 0.15) is 0 Å². The Bertz CT molecular complexity index is 446. The van der Waals surface area contributed by atoms with Gasteiger partial charge in [-0.15, -0.1) is 0 Å². The lowest BCUT2D eigenvalue weighted by Crippen LogP contribution is -2.45. The van der Waals surface area contributed by atoms with Gasteiger partial charge < -0.3 is 13.9 Å². The van der Waals surface area contributed by atoms with Crippen molar-refractivity contribution in [2.24, 2.45) is 0 Å². The molecular weight excluding hydrogens is 381 g/mol. The van der Waals surface area contributed by atoms with Crippen LogP contribution in [0.5, 0.6) is 0 Å². The molecule has 0 aliphatic carbocycles. The molecule has 0 aliphatic heterocycles. The van der Waals surface area contributed by atoms with Crippen molar-refractivity contribution in [3.63, 3.8) is 0 Å². The van der Waals surface area contributed by atoms with Crippen molar-refractivity contribution < 1.29 is 18.5 Å². The van der Waals surface area contributed by atoms with E-state index in [-0.39, 0.29) is 5.78 Å². The van der Waals surface area contributed by atoms with Gasteiger partial charge in [0.25, 0.3) is 0 Å². The maximum Gasteiger partial charge on any atom is 0.385 e. The maximum atomic E-state index is 12.6. The topological polar surface area (TPSA) is 46.5 Å². The monoisotopic (exact) mass is 432 g/mol. The summed E-state index contributed by atoms with van der Waals surface area (Å²) in [5.74, 6) is -0.339. The van der Waals surface area contributed by atoms with Crippen LogP contribution in [-0.2, 0) is 9.09 Å². The minimum atomic E-state index is -3.57. The lowest BCUT2D eigenvalue weighted by Gasteiger charge is -2.35. The summed E-state index contributed by atoms with van der Waals surface area (Å²) in [5, 5.41) is 0. The third-order valence-electron chi connectivity index (χ3n) is 5.50. The fraction of sp³-hybridized carbons (Fsp3) is 0.917. The minimum Gasteiger partial charge on any atom is -0.320 e. The van der Waals surface area contributed by atoms with Gasteiger partial charge in [0.2, 0.25) is 0 Å². The fourth-order valence-corrected chi connectivity index (χ4v) is 5.72. The van der Waals surface area contributed by atoms with Gasteiger partial charge in [-0.1, -0.05) is 77.4 Å². The molecule has 1 N–H and O–H groups in total. The van der Waals surface area contributed by atoms with Crippen LogP contribution < -0.4 is 0 Å². The Balaban J connectivity index is 3.66. The van der Waals surface area contributed by atoms with Gasteiger partial charge >= 0.3 is 7.60 Å². The van der Waals surface area contributed by atoms with E-state index < -0.39 is 7.60 Å². The molecule has 0 spiro atoms. The normalized spacial score (nSPS) is 15.7. The first-order valence-electron chi connectivity index (χ1n) is 12.2. The molecule has 2 atom stereocenters. The lowest BCUT2D eigenvalue weighted by molar-refractivity contribution is -0.883. The molecule has 0 aromatic rings. The molecule has 29 heavy (non-hydrogen) atoms. The summed E-state index contributed by atoms with van der Waals surface area (Å²) in [4.78, 5) is 10.4. The Morgan fingerprint density at radius 3 is 1.76 bits per heavy atom. The van der Waals surface area contributed by atoms with Crippen molar-refractivity contribution in [2.45, 2.75) is 116 Å². The summed E-state index contributed by atoms with van der Waals surface area (Å²) in [6.07, 6.45) is 22.5. The summed E-state index contributed by atoms with van der Waals surface area (Å²) >= 11 is 0. The summed E-state index contributed by atoms with van der Waals surface area (Å²) < 4.78 is 18.5. The van der Waals surface area contributed by atoms with Gasteiger partial charge in [-0.3, -0.25) is 4.57 Å². The van der Waals surface area contributed by atoms with E-state index in [0.29, 0.717) is 17.5 Å². The van der Waals surface area contributed by atoms with E-state index in [1.807, 2.05) is 28.1 Å². The zero-order valence-electron chi connectivity index (χ0n) is 20.2. The second-order valence-corrected chi connectivity index (χ2v) is 11.3. The predicted octanol–water partition coefficient (Wildman–Crippen LogP) is 7.67. The molecule has 4 nitrogen and oxygen atoms in total. The van der Waals surface area contributed by atoms with Crippen molar-refractivity contribution >= 4 is 7.60 Å². The Labute approximate surface area is 182 Å². The first-order chi connectivity index (χ1) is 13.8. The highest BCUT2D eigenvalue weighted by molar-refractivity contribution is 7.53. The predicted molar refractivity (Wildman–Crippen MR) is 127 cm³/mol. The second-order valence-electron chi connectivity index (χ2n) is 9.37. The van der Waals surface area contributed by atoms with Crippen LogP contribution in [0.3, 0.4) is 0 Å². The van der Waals surface area contributed by atoms with Crippen molar-refractivity contribution in [2.75, 3.05) is 27.7 Å². The molecule has 5 heteroatoms. The summed E-state index contributed by atoms with van der Waals surface area (Å²) in [7, 11) is 2.33. The standard InChI is InChI=1S/C24H50NO3P/c1-6-8-9-10-11-12-13-14-15-16-17-18-19-20-21-23-28-29(26,27)24(22-7-2)25(3,4)5/h15-16,24H,6-14,17-23H2,1-5H3/p+1. The number of unbranched alkanes of at least 4 members (excludes halogenated alkanes) is 11. The van der Waals surface area contributed by atoms with E-state index in [1.165, 1.54) is 57.8 Å². The average molecular weight is 433 g/mol. The van der Waals surface area contributed by atoms with E-state index in [1.54, 1.807) is 0 Å². The Hall–Kier alpha value is -0.150. The molecule has 0 heterocycles. The molecule has 0 amide bonds. The number of hydrogen-bond donors (Lipinski definition) is 1.